The number of rotatable bonds is 5. The zero-order valence-corrected chi connectivity index (χ0v) is 15.8. The van der Waals surface area contributed by atoms with E-state index in [1.54, 1.807) is 17.8 Å². The highest BCUT2D eigenvalue weighted by Gasteiger charge is 2.16. The summed E-state index contributed by atoms with van der Waals surface area (Å²) in [7, 11) is 1.62. The first kappa shape index (κ1) is 18.0. The topological polar surface area (TPSA) is 68.5 Å². The van der Waals surface area contributed by atoms with Crippen LogP contribution in [0.3, 0.4) is 0 Å². The van der Waals surface area contributed by atoms with Gasteiger partial charge in [-0.2, -0.15) is 5.10 Å². The Kier molecular flexibility index (Phi) is 4.95. The summed E-state index contributed by atoms with van der Waals surface area (Å²) in [5, 5.41) is 7.93. The van der Waals surface area contributed by atoms with Gasteiger partial charge in [-0.05, 0) is 35.9 Å². The van der Waals surface area contributed by atoms with Gasteiger partial charge in [0.1, 0.15) is 11.3 Å². The summed E-state index contributed by atoms with van der Waals surface area (Å²) in [5.41, 5.74) is 3.66. The van der Waals surface area contributed by atoms with Crippen LogP contribution in [0.1, 0.15) is 15.9 Å². The molecule has 0 saturated carbocycles. The van der Waals surface area contributed by atoms with Crippen molar-refractivity contribution in [2.75, 3.05) is 7.11 Å². The molecule has 0 radical (unpaired) electrons. The maximum absolute atomic E-state index is 12.7. The van der Waals surface area contributed by atoms with E-state index in [1.807, 2.05) is 54.6 Å². The number of carbonyl (C=O) groups excluding carboxylic acids is 1. The van der Waals surface area contributed by atoms with Crippen LogP contribution in [0.15, 0.2) is 67.0 Å². The molecule has 0 aliphatic carbocycles. The third-order valence-electron chi connectivity index (χ3n) is 4.40. The molecule has 6 nitrogen and oxygen atoms in total. The Morgan fingerprint density at radius 3 is 2.57 bits per heavy atom. The van der Waals surface area contributed by atoms with Crippen molar-refractivity contribution in [2.24, 2.45) is 0 Å². The minimum absolute atomic E-state index is 0.230. The van der Waals surface area contributed by atoms with Gasteiger partial charge in [0.15, 0.2) is 5.65 Å². The van der Waals surface area contributed by atoms with Gasteiger partial charge in [0, 0.05) is 23.3 Å². The molecule has 4 rings (SSSR count). The number of nitrogens with one attached hydrogen (secondary N) is 1. The molecule has 4 aromatic rings. The fourth-order valence-corrected chi connectivity index (χ4v) is 3.04. The molecule has 0 aliphatic heterocycles. The third-order valence-corrected chi connectivity index (χ3v) is 4.65. The van der Waals surface area contributed by atoms with Gasteiger partial charge < -0.3 is 10.1 Å². The average molecular weight is 393 g/mol. The van der Waals surface area contributed by atoms with E-state index in [4.69, 9.17) is 16.3 Å². The number of amides is 1. The molecule has 0 unspecified atom stereocenters. The second-order valence-corrected chi connectivity index (χ2v) is 6.60. The van der Waals surface area contributed by atoms with Crippen LogP contribution in [0.2, 0.25) is 5.02 Å². The Morgan fingerprint density at radius 1 is 1.11 bits per heavy atom. The molecule has 0 atom stereocenters. The smallest absolute Gasteiger partial charge is 0.257 e. The molecule has 1 amide bonds. The molecule has 2 aromatic carbocycles. The second kappa shape index (κ2) is 7.70. The summed E-state index contributed by atoms with van der Waals surface area (Å²) in [6.07, 6.45) is 3.20. The van der Waals surface area contributed by atoms with Crippen LogP contribution in [0.4, 0.5) is 0 Å². The zero-order valence-electron chi connectivity index (χ0n) is 15.1. The van der Waals surface area contributed by atoms with Gasteiger partial charge in [0.05, 0.1) is 19.0 Å². The average Bonchev–Trinajstić information content (AvgIpc) is 3.17. The van der Waals surface area contributed by atoms with Crippen LogP contribution < -0.4 is 10.1 Å². The van der Waals surface area contributed by atoms with Crippen molar-refractivity contribution in [2.45, 2.75) is 6.54 Å². The number of ether oxygens (including phenoxy) is 1. The molecular formula is C21H17ClN4O2. The lowest BCUT2D eigenvalue weighted by Gasteiger charge is -2.07. The molecule has 7 heteroatoms. The lowest BCUT2D eigenvalue weighted by molar-refractivity contribution is 0.0952. The SMILES string of the molecule is COc1ccc(CNC(=O)c2cnn3c(-c4ccc(Cl)cc4)ccnc23)cc1. The Bertz CT molecular complexity index is 1120. The fraction of sp³-hybridized carbons (Fsp3) is 0.0952. The van der Waals surface area contributed by atoms with E-state index >= 15 is 0 Å². The first-order valence-electron chi connectivity index (χ1n) is 8.65. The molecule has 2 heterocycles. The third kappa shape index (κ3) is 3.54. The zero-order chi connectivity index (χ0) is 19.5. The van der Waals surface area contributed by atoms with Crippen LogP contribution in [0.5, 0.6) is 5.75 Å². The summed E-state index contributed by atoms with van der Waals surface area (Å²) in [6, 6.07) is 16.8. The number of halogens is 1. The number of methoxy groups -OCH3 is 1. The van der Waals surface area contributed by atoms with Crippen LogP contribution in [-0.2, 0) is 6.54 Å². The largest absolute Gasteiger partial charge is 0.497 e. The molecule has 140 valence electrons. The summed E-state index contributed by atoms with van der Waals surface area (Å²) < 4.78 is 6.80. The Hall–Kier alpha value is -3.38. The van der Waals surface area contributed by atoms with E-state index in [1.165, 1.54) is 6.20 Å². The molecule has 2 aromatic heterocycles. The molecule has 1 N–H and O–H groups in total. The second-order valence-electron chi connectivity index (χ2n) is 6.16. The van der Waals surface area contributed by atoms with Crippen LogP contribution in [0, 0.1) is 0 Å². The first-order chi connectivity index (χ1) is 13.7. The first-order valence-corrected chi connectivity index (χ1v) is 9.03. The highest BCUT2D eigenvalue weighted by Crippen LogP contribution is 2.22. The summed E-state index contributed by atoms with van der Waals surface area (Å²) in [5.74, 6) is 0.545. The van der Waals surface area contributed by atoms with Gasteiger partial charge in [-0.3, -0.25) is 4.79 Å². The normalized spacial score (nSPS) is 10.8. The van der Waals surface area contributed by atoms with Gasteiger partial charge in [-0.15, -0.1) is 0 Å². The number of fused-ring (bicyclic) bond motifs is 1. The van der Waals surface area contributed by atoms with Crippen LogP contribution in [-0.4, -0.2) is 27.6 Å². The standard InChI is InChI=1S/C21H17ClN4O2/c1-28-17-8-2-14(3-9-17)12-24-21(27)18-13-25-26-19(10-11-23-20(18)26)15-4-6-16(22)7-5-15/h2-11,13H,12H2,1H3,(H,24,27). The lowest BCUT2D eigenvalue weighted by atomic mass is 10.1. The molecule has 0 fully saturated rings. The highest BCUT2D eigenvalue weighted by molar-refractivity contribution is 6.30. The molecule has 0 aliphatic rings. The minimum atomic E-state index is -0.230. The predicted molar refractivity (Wildman–Crippen MR) is 108 cm³/mol. The molecule has 28 heavy (non-hydrogen) atoms. The van der Waals surface area contributed by atoms with Crippen molar-refractivity contribution in [1.29, 1.82) is 0 Å². The monoisotopic (exact) mass is 392 g/mol. The Morgan fingerprint density at radius 2 is 1.86 bits per heavy atom. The van der Waals surface area contributed by atoms with Crippen LogP contribution in [0.25, 0.3) is 16.9 Å². The van der Waals surface area contributed by atoms with E-state index in [-0.39, 0.29) is 5.91 Å². The minimum Gasteiger partial charge on any atom is -0.497 e. The number of hydrogen-bond donors (Lipinski definition) is 1. The molecule has 0 spiro atoms. The van der Waals surface area contributed by atoms with Gasteiger partial charge in [0.25, 0.3) is 5.91 Å². The number of carbonyl (C=O) groups is 1. The summed E-state index contributed by atoms with van der Waals surface area (Å²) in [4.78, 5) is 17.0. The number of nitrogens with zero attached hydrogens (tertiary/aromatic N) is 3. The Labute approximate surface area is 166 Å². The highest BCUT2D eigenvalue weighted by atomic mass is 35.5. The maximum atomic E-state index is 12.7. The Balaban J connectivity index is 1.57. The lowest BCUT2D eigenvalue weighted by Crippen LogP contribution is -2.22. The van der Waals surface area contributed by atoms with Gasteiger partial charge in [-0.1, -0.05) is 35.9 Å². The summed E-state index contributed by atoms with van der Waals surface area (Å²) >= 11 is 5.97. The summed E-state index contributed by atoms with van der Waals surface area (Å²) in [6.45, 7) is 0.400. The van der Waals surface area contributed by atoms with Crippen molar-refractivity contribution in [3.8, 4) is 17.0 Å². The fourth-order valence-electron chi connectivity index (χ4n) is 2.91. The van der Waals surface area contributed by atoms with E-state index < -0.39 is 0 Å². The molecule has 0 bridgehead atoms. The van der Waals surface area contributed by atoms with Crippen molar-refractivity contribution < 1.29 is 9.53 Å². The van der Waals surface area contributed by atoms with Crippen molar-refractivity contribution in [1.82, 2.24) is 19.9 Å². The number of benzene rings is 2. The number of aromatic nitrogens is 3. The number of hydrogen-bond acceptors (Lipinski definition) is 4. The quantitative estimate of drug-likeness (QED) is 0.557. The molecule has 0 saturated heterocycles. The van der Waals surface area contributed by atoms with Crippen molar-refractivity contribution >= 4 is 23.2 Å². The van der Waals surface area contributed by atoms with E-state index in [9.17, 15) is 4.79 Å². The van der Waals surface area contributed by atoms with E-state index in [0.717, 1.165) is 22.6 Å². The van der Waals surface area contributed by atoms with Gasteiger partial charge >= 0.3 is 0 Å². The molecular weight excluding hydrogens is 376 g/mol. The van der Waals surface area contributed by atoms with Gasteiger partial charge in [0.2, 0.25) is 0 Å². The van der Waals surface area contributed by atoms with Crippen molar-refractivity contribution in [3.05, 3.63) is 83.1 Å². The van der Waals surface area contributed by atoms with E-state index in [0.29, 0.717) is 22.8 Å². The predicted octanol–water partition coefficient (Wildman–Crippen LogP) is 3.99. The van der Waals surface area contributed by atoms with Crippen LogP contribution >= 0.6 is 11.6 Å². The van der Waals surface area contributed by atoms with Gasteiger partial charge in [-0.25, -0.2) is 9.50 Å². The van der Waals surface area contributed by atoms with Crippen molar-refractivity contribution in [3.63, 3.8) is 0 Å². The maximum Gasteiger partial charge on any atom is 0.257 e. The van der Waals surface area contributed by atoms with E-state index in [2.05, 4.69) is 15.4 Å².